The molecular weight excluding hydrogens is 268 g/mol. The number of esters is 1. The second-order valence-electron chi connectivity index (χ2n) is 6.99. The average Bonchev–Trinajstić information content (AvgIpc) is 3.38. The first kappa shape index (κ1) is 15.3. The first-order valence-electron chi connectivity index (χ1n) is 8.30. The quantitative estimate of drug-likeness (QED) is 0.682. The number of nitrogens with zero attached hydrogens (tertiary/aromatic N) is 1. The number of hydrogen-bond donors (Lipinski definition) is 1. The minimum absolute atomic E-state index is 0.0870. The van der Waals surface area contributed by atoms with Crippen LogP contribution >= 0.6 is 0 Å². The van der Waals surface area contributed by atoms with E-state index in [9.17, 15) is 4.79 Å². The van der Waals surface area contributed by atoms with Crippen molar-refractivity contribution >= 4 is 5.97 Å². The van der Waals surface area contributed by atoms with Gasteiger partial charge in [0, 0.05) is 25.7 Å². The third kappa shape index (κ3) is 3.58. The van der Waals surface area contributed by atoms with E-state index in [4.69, 9.17) is 9.47 Å². The van der Waals surface area contributed by atoms with Gasteiger partial charge in [-0.1, -0.05) is 0 Å². The van der Waals surface area contributed by atoms with Gasteiger partial charge in [-0.3, -0.25) is 5.32 Å². The van der Waals surface area contributed by atoms with Crippen LogP contribution in [0.4, 0.5) is 0 Å². The van der Waals surface area contributed by atoms with E-state index >= 15 is 0 Å². The van der Waals surface area contributed by atoms with Crippen molar-refractivity contribution in [2.75, 3.05) is 33.9 Å². The zero-order chi connectivity index (χ0) is 14.9. The maximum Gasteiger partial charge on any atom is 0.327 e. The lowest BCUT2D eigenvalue weighted by atomic mass is 9.91. The van der Waals surface area contributed by atoms with E-state index in [1.807, 2.05) is 0 Å². The van der Waals surface area contributed by atoms with Crippen LogP contribution in [0.15, 0.2) is 0 Å². The van der Waals surface area contributed by atoms with E-state index in [2.05, 4.69) is 17.3 Å². The molecule has 0 amide bonds. The fourth-order valence-corrected chi connectivity index (χ4v) is 3.56. The van der Waals surface area contributed by atoms with Gasteiger partial charge in [-0.15, -0.1) is 0 Å². The second kappa shape index (κ2) is 6.23. The summed E-state index contributed by atoms with van der Waals surface area (Å²) in [5, 5.41) is 3.62. The van der Waals surface area contributed by atoms with E-state index in [0.717, 1.165) is 45.4 Å². The van der Waals surface area contributed by atoms with E-state index < -0.39 is 5.54 Å². The maximum absolute atomic E-state index is 12.5. The van der Waals surface area contributed by atoms with Gasteiger partial charge in [0.05, 0.1) is 13.2 Å². The summed E-state index contributed by atoms with van der Waals surface area (Å²) >= 11 is 0. The van der Waals surface area contributed by atoms with Crippen molar-refractivity contribution in [3.8, 4) is 0 Å². The summed E-state index contributed by atoms with van der Waals surface area (Å²) in [6.45, 7) is 2.50. The maximum atomic E-state index is 12.5. The molecule has 0 radical (unpaired) electrons. The third-order valence-electron chi connectivity index (χ3n) is 4.92. The Kier molecular flexibility index (Phi) is 4.52. The predicted molar refractivity (Wildman–Crippen MR) is 80.1 cm³/mol. The van der Waals surface area contributed by atoms with Gasteiger partial charge in [0.2, 0.25) is 0 Å². The monoisotopic (exact) mass is 296 g/mol. The summed E-state index contributed by atoms with van der Waals surface area (Å²) < 4.78 is 10.9. The molecule has 0 aromatic carbocycles. The Morgan fingerprint density at radius 3 is 2.62 bits per heavy atom. The largest absolute Gasteiger partial charge is 0.468 e. The average molecular weight is 296 g/mol. The normalized spacial score (nSPS) is 28.6. The van der Waals surface area contributed by atoms with Crippen molar-refractivity contribution in [2.45, 2.75) is 56.2 Å². The Bertz CT molecular complexity index is 376. The molecule has 2 unspecified atom stereocenters. The van der Waals surface area contributed by atoms with Gasteiger partial charge in [-0.2, -0.15) is 0 Å². The molecule has 1 N–H and O–H groups in total. The first-order chi connectivity index (χ1) is 10.1. The topological polar surface area (TPSA) is 50.8 Å². The zero-order valence-electron chi connectivity index (χ0n) is 13.3. The summed E-state index contributed by atoms with van der Waals surface area (Å²) in [5.74, 6) is 0.341. The van der Waals surface area contributed by atoms with Crippen LogP contribution in [0.25, 0.3) is 0 Å². The zero-order valence-corrected chi connectivity index (χ0v) is 13.3. The van der Waals surface area contributed by atoms with Crippen LogP contribution in [0.5, 0.6) is 0 Å². The highest BCUT2D eigenvalue weighted by Gasteiger charge is 2.54. The molecule has 1 aliphatic heterocycles. The SMILES string of the molecule is COC(=O)C(CN(C)CC1CCCO1)(NC1CC1)C1CC1. The number of methoxy groups -OCH3 is 1. The molecular formula is C16H28N2O3. The number of carbonyl (C=O) groups excluding carboxylic acids is 1. The molecule has 21 heavy (non-hydrogen) atoms. The second-order valence-corrected chi connectivity index (χ2v) is 6.99. The lowest BCUT2D eigenvalue weighted by Crippen LogP contribution is -2.61. The smallest absolute Gasteiger partial charge is 0.327 e. The molecule has 2 aliphatic carbocycles. The molecule has 2 atom stereocenters. The van der Waals surface area contributed by atoms with Crippen LogP contribution in [0.2, 0.25) is 0 Å². The molecule has 5 nitrogen and oxygen atoms in total. The van der Waals surface area contributed by atoms with Crippen molar-refractivity contribution in [1.29, 1.82) is 0 Å². The Morgan fingerprint density at radius 1 is 1.33 bits per heavy atom. The van der Waals surface area contributed by atoms with Crippen molar-refractivity contribution in [2.24, 2.45) is 5.92 Å². The number of ether oxygens (including phenoxy) is 2. The molecule has 0 aromatic rings. The van der Waals surface area contributed by atoms with E-state index in [1.165, 1.54) is 20.0 Å². The molecule has 0 aromatic heterocycles. The van der Waals surface area contributed by atoms with E-state index in [1.54, 1.807) is 0 Å². The summed E-state index contributed by atoms with van der Waals surface area (Å²) in [4.78, 5) is 14.8. The Labute approximate surface area is 127 Å². The van der Waals surface area contributed by atoms with Gasteiger partial charge >= 0.3 is 5.97 Å². The van der Waals surface area contributed by atoms with E-state index in [-0.39, 0.29) is 5.97 Å². The van der Waals surface area contributed by atoms with Gasteiger partial charge in [0.15, 0.2) is 0 Å². The minimum Gasteiger partial charge on any atom is -0.468 e. The van der Waals surface area contributed by atoms with Gasteiger partial charge in [-0.05, 0) is 51.5 Å². The molecule has 0 spiro atoms. The molecule has 2 saturated carbocycles. The summed E-state index contributed by atoms with van der Waals surface area (Å²) in [7, 11) is 3.60. The number of likely N-dealkylation sites (N-methyl/N-ethyl adjacent to an activating group) is 1. The highest BCUT2D eigenvalue weighted by molar-refractivity contribution is 5.82. The van der Waals surface area contributed by atoms with Gasteiger partial charge in [0.1, 0.15) is 5.54 Å². The molecule has 1 heterocycles. The number of hydrogen-bond acceptors (Lipinski definition) is 5. The summed E-state index contributed by atoms with van der Waals surface area (Å²) in [6, 6.07) is 0.501. The number of carbonyl (C=O) groups is 1. The summed E-state index contributed by atoms with van der Waals surface area (Å²) in [6.07, 6.45) is 7.23. The Morgan fingerprint density at radius 2 is 2.10 bits per heavy atom. The Balaban J connectivity index is 1.66. The molecule has 5 heteroatoms. The first-order valence-corrected chi connectivity index (χ1v) is 8.30. The summed E-state index contributed by atoms with van der Waals surface area (Å²) in [5.41, 5.74) is -0.511. The van der Waals surface area contributed by atoms with Crippen LogP contribution in [0, 0.1) is 5.92 Å². The highest BCUT2D eigenvalue weighted by atomic mass is 16.5. The lowest BCUT2D eigenvalue weighted by Gasteiger charge is -2.36. The number of rotatable bonds is 8. The molecule has 3 fully saturated rings. The molecule has 3 aliphatic rings. The number of nitrogens with one attached hydrogen (secondary N) is 1. The van der Waals surface area contributed by atoms with Gasteiger partial charge in [-0.25, -0.2) is 4.79 Å². The van der Waals surface area contributed by atoms with Crippen molar-refractivity contribution < 1.29 is 14.3 Å². The van der Waals surface area contributed by atoms with Crippen molar-refractivity contribution in [3.63, 3.8) is 0 Å². The van der Waals surface area contributed by atoms with Crippen LogP contribution in [0.3, 0.4) is 0 Å². The predicted octanol–water partition coefficient (Wildman–Crippen LogP) is 1.17. The Hall–Kier alpha value is -0.650. The van der Waals surface area contributed by atoms with Crippen LogP contribution in [-0.2, 0) is 14.3 Å². The van der Waals surface area contributed by atoms with Crippen LogP contribution < -0.4 is 5.32 Å². The fraction of sp³-hybridized carbons (Fsp3) is 0.938. The lowest BCUT2D eigenvalue weighted by molar-refractivity contribution is -0.151. The van der Waals surface area contributed by atoms with Gasteiger partial charge < -0.3 is 14.4 Å². The highest BCUT2D eigenvalue weighted by Crippen LogP contribution is 2.42. The fourth-order valence-electron chi connectivity index (χ4n) is 3.56. The molecule has 1 saturated heterocycles. The molecule has 0 bridgehead atoms. The van der Waals surface area contributed by atoms with Gasteiger partial charge in [0.25, 0.3) is 0 Å². The van der Waals surface area contributed by atoms with Crippen LogP contribution in [-0.4, -0.2) is 62.4 Å². The third-order valence-corrected chi connectivity index (χ3v) is 4.92. The molecule has 120 valence electrons. The van der Waals surface area contributed by atoms with E-state index in [0.29, 0.717) is 18.1 Å². The molecule has 3 rings (SSSR count). The van der Waals surface area contributed by atoms with Crippen molar-refractivity contribution in [3.05, 3.63) is 0 Å². The van der Waals surface area contributed by atoms with Crippen molar-refractivity contribution in [1.82, 2.24) is 10.2 Å². The standard InChI is InChI=1S/C16H28N2O3/c1-18(10-14-4-3-9-21-14)11-16(12-5-6-12,15(19)20-2)17-13-7-8-13/h12-14,17H,3-11H2,1-2H3. The van der Waals surface area contributed by atoms with Crippen LogP contribution in [0.1, 0.15) is 38.5 Å². The minimum atomic E-state index is -0.511.